The second kappa shape index (κ2) is 5.74. The normalized spacial score (nSPS) is 17.9. The van der Waals surface area contributed by atoms with Crippen LogP contribution in [-0.4, -0.2) is 59.7 Å². The molecule has 0 bridgehead atoms. The third-order valence-electron chi connectivity index (χ3n) is 3.66. The van der Waals surface area contributed by atoms with E-state index < -0.39 is 23.4 Å². The number of amides is 4. The van der Waals surface area contributed by atoms with Gasteiger partial charge in [-0.1, -0.05) is 18.2 Å². The molecule has 4 amide bonds. The monoisotopic (exact) mass is 308 g/mol. The maximum atomic E-state index is 12.4. The Bertz CT molecular complexity index is 606. The van der Waals surface area contributed by atoms with Crippen molar-refractivity contribution in [2.45, 2.75) is 12.0 Å². The Morgan fingerprint density at radius 3 is 2.14 bits per heavy atom. The summed E-state index contributed by atoms with van der Waals surface area (Å²) in [7, 11) is 3.87. The van der Waals surface area contributed by atoms with Gasteiger partial charge < -0.3 is 4.74 Å². The fourth-order valence-corrected chi connectivity index (χ4v) is 2.41. The fraction of sp³-hybridized carbons (Fsp3) is 0.357. The lowest BCUT2D eigenvalue weighted by molar-refractivity contribution is -0.307. The number of carbonyl (C=O) groups excluding carboxylic acids is 3. The second-order valence-electron chi connectivity index (χ2n) is 4.92. The maximum absolute atomic E-state index is 12.4. The minimum absolute atomic E-state index is 0.271. The van der Waals surface area contributed by atoms with Crippen LogP contribution >= 0.6 is 0 Å². The van der Waals surface area contributed by atoms with Crippen LogP contribution in [0.4, 0.5) is 4.79 Å². The van der Waals surface area contributed by atoms with E-state index in [0.717, 1.165) is 9.80 Å². The molecule has 118 valence electrons. The van der Waals surface area contributed by atoms with Crippen LogP contribution < -0.4 is 4.74 Å². The molecule has 2 rings (SSSR count). The molecule has 1 N–H and O–H groups in total. The number of urea groups is 1. The van der Waals surface area contributed by atoms with E-state index >= 15 is 0 Å². The molecule has 0 aromatic heterocycles. The zero-order chi connectivity index (χ0) is 16.5. The topological polar surface area (TPSA) is 96.4 Å². The number of ether oxygens (including phenoxy) is 1. The first-order chi connectivity index (χ1) is 10.4. The average molecular weight is 308 g/mol. The van der Waals surface area contributed by atoms with Gasteiger partial charge in [0.1, 0.15) is 5.75 Å². The summed E-state index contributed by atoms with van der Waals surface area (Å²) in [4.78, 5) is 42.3. The molecule has 1 aromatic carbocycles. The van der Waals surface area contributed by atoms with E-state index in [0.29, 0.717) is 11.3 Å². The van der Waals surface area contributed by atoms with Gasteiger partial charge in [0.05, 0.1) is 7.11 Å². The number of para-hydroxylation sites is 1. The van der Waals surface area contributed by atoms with Crippen molar-refractivity contribution in [2.75, 3.05) is 21.2 Å². The highest BCUT2D eigenvalue weighted by Crippen LogP contribution is 2.30. The Labute approximate surface area is 126 Å². The van der Waals surface area contributed by atoms with Crippen molar-refractivity contribution in [2.24, 2.45) is 0 Å². The SMILES string of the molecule is COc1ccccc1CC1(OO)C(=O)N(C)C(=O)N(C)C1=O. The molecule has 1 aliphatic heterocycles. The zero-order valence-corrected chi connectivity index (χ0v) is 12.4. The number of nitrogens with zero attached hydrogens (tertiary/aromatic N) is 2. The van der Waals surface area contributed by atoms with Crippen LogP contribution in [0, 0.1) is 0 Å². The van der Waals surface area contributed by atoms with Gasteiger partial charge in [0.2, 0.25) is 0 Å². The van der Waals surface area contributed by atoms with Crippen molar-refractivity contribution in [3.63, 3.8) is 0 Å². The third kappa shape index (κ3) is 2.22. The van der Waals surface area contributed by atoms with Gasteiger partial charge >= 0.3 is 6.03 Å². The van der Waals surface area contributed by atoms with Gasteiger partial charge in [-0.15, -0.1) is 0 Å². The lowest BCUT2D eigenvalue weighted by Gasteiger charge is -2.39. The van der Waals surface area contributed by atoms with E-state index in [-0.39, 0.29) is 6.42 Å². The Morgan fingerprint density at radius 1 is 1.09 bits per heavy atom. The van der Waals surface area contributed by atoms with Crippen LogP contribution in [-0.2, 0) is 20.9 Å². The van der Waals surface area contributed by atoms with Crippen LogP contribution in [0.5, 0.6) is 5.75 Å². The molecule has 1 fully saturated rings. The Balaban J connectivity index is 2.49. The number of rotatable bonds is 4. The van der Waals surface area contributed by atoms with E-state index in [1.54, 1.807) is 24.3 Å². The van der Waals surface area contributed by atoms with Crippen LogP contribution in [0.25, 0.3) is 0 Å². The molecule has 0 saturated carbocycles. The molecule has 1 heterocycles. The first-order valence-electron chi connectivity index (χ1n) is 6.43. The van der Waals surface area contributed by atoms with Gasteiger partial charge in [0.25, 0.3) is 17.4 Å². The Kier molecular flexibility index (Phi) is 4.16. The molecular formula is C14H16N2O6. The van der Waals surface area contributed by atoms with Crippen LogP contribution in [0.1, 0.15) is 5.56 Å². The third-order valence-corrected chi connectivity index (χ3v) is 3.66. The van der Waals surface area contributed by atoms with Crippen molar-refractivity contribution >= 4 is 17.8 Å². The van der Waals surface area contributed by atoms with Gasteiger partial charge in [0, 0.05) is 20.5 Å². The summed E-state index contributed by atoms with van der Waals surface area (Å²) in [6.07, 6.45) is -0.271. The highest BCUT2D eigenvalue weighted by atomic mass is 17.1. The van der Waals surface area contributed by atoms with Crippen LogP contribution in [0.15, 0.2) is 24.3 Å². The quantitative estimate of drug-likeness (QED) is 0.495. The smallest absolute Gasteiger partial charge is 0.333 e. The summed E-state index contributed by atoms with van der Waals surface area (Å²) in [6, 6.07) is 5.91. The van der Waals surface area contributed by atoms with Gasteiger partial charge in [0.15, 0.2) is 0 Å². The number of hydrogen-bond acceptors (Lipinski definition) is 6. The molecular weight excluding hydrogens is 292 g/mol. The minimum Gasteiger partial charge on any atom is -0.496 e. The van der Waals surface area contributed by atoms with Crippen LogP contribution in [0.2, 0.25) is 0 Å². The highest BCUT2D eigenvalue weighted by molar-refractivity contribution is 6.21. The average Bonchev–Trinajstić information content (AvgIpc) is 2.55. The van der Waals surface area contributed by atoms with Crippen molar-refractivity contribution in [1.29, 1.82) is 0 Å². The molecule has 1 aliphatic rings. The summed E-state index contributed by atoms with van der Waals surface area (Å²) in [5.74, 6) is -1.44. The largest absolute Gasteiger partial charge is 0.496 e. The van der Waals surface area contributed by atoms with Crippen LogP contribution in [0.3, 0.4) is 0 Å². The second-order valence-corrected chi connectivity index (χ2v) is 4.92. The van der Waals surface area contributed by atoms with Crippen molar-refractivity contribution in [1.82, 2.24) is 9.80 Å². The number of imide groups is 2. The summed E-state index contributed by atoms with van der Waals surface area (Å²) < 4.78 is 5.17. The van der Waals surface area contributed by atoms with E-state index in [9.17, 15) is 19.6 Å². The number of likely N-dealkylation sites (N-methyl/N-ethyl adjacent to an activating group) is 2. The Hall–Kier alpha value is -2.45. The lowest BCUT2D eigenvalue weighted by Crippen LogP contribution is -2.68. The van der Waals surface area contributed by atoms with Gasteiger partial charge in [-0.25, -0.2) is 9.68 Å². The summed E-state index contributed by atoms with van der Waals surface area (Å²) in [6.45, 7) is 0. The summed E-state index contributed by atoms with van der Waals surface area (Å²) >= 11 is 0. The minimum atomic E-state index is -2.22. The van der Waals surface area contributed by atoms with Gasteiger partial charge in [-0.05, 0) is 11.6 Å². The van der Waals surface area contributed by atoms with E-state index in [1.807, 2.05) is 0 Å². The molecule has 0 aliphatic carbocycles. The molecule has 0 unspecified atom stereocenters. The first kappa shape index (κ1) is 15.9. The van der Waals surface area contributed by atoms with E-state index in [2.05, 4.69) is 4.89 Å². The number of benzene rings is 1. The zero-order valence-electron chi connectivity index (χ0n) is 12.4. The predicted octanol–water partition coefficient (Wildman–Crippen LogP) is 0.516. The summed E-state index contributed by atoms with van der Waals surface area (Å²) in [5, 5.41) is 9.28. The summed E-state index contributed by atoms with van der Waals surface area (Å²) in [5.41, 5.74) is -1.73. The van der Waals surface area contributed by atoms with Gasteiger partial charge in [-0.2, -0.15) is 0 Å². The number of methoxy groups -OCH3 is 1. The molecule has 0 atom stereocenters. The van der Waals surface area contributed by atoms with E-state index in [1.165, 1.54) is 21.2 Å². The van der Waals surface area contributed by atoms with Crippen molar-refractivity contribution < 1.29 is 29.3 Å². The molecule has 0 spiro atoms. The molecule has 22 heavy (non-hydrogen) atoms. The van der Waals surface area contributed by atoms with Crippen molar-refractivity contribution in [3.05, 3.63) is 29.8 Å². The van der Waals surface area contributed by atoms with E-state index in [4.69, 9.17) is 4.74 Å². The fourth-order valence-electron chi connectivity index (χ4n) is 2.41. The number of barbiturate groups is 1. The molecule has 8 heteroatoms. The molecule has 1 aromatic rings. The first-order valence-corrected chi connectivity index (χ1v) is 6.43. The Morgan fingerprint density at radius 2 is 1.64 bits per heavy atom. The van der Waals surface area contributed by atoms with Crippen molar-refractivity contribution in [3.8, 4) is 5.75 Å². The number of carbonyl (C=O) groups is 3. The number of hydrogen-bond donors (Lipinski definition) is 1. The molecule has 8 nitrogen and oxygen atoms in total. The predicted molar refractivity (Wildman–Crippen MR) is 74.1 cm³/mol. The standard InChI is InChI=1S/C14H16N2O6/c1-15-11(17)14(22-20,12(18)16(2)13(15)19)8-9-6-4-5-7-10(9)21-3/h4-7,20H,8H2,1-3H3. The highest BCUT2D eigenvalue weighted by Gasteiger charge is 2.58. The molecule has 0 radical (unpaired) electrons. The molecule has 1 saturated heterocycles. The van der Waals surface area contributed by atoms with Gasteiger partial charge in [-0.3, -0.25) is 24.6 Å². The maximum Gasteiger partial charge on any atom is 0.333 e. The lowest BCUT2D eigenvalue weighted by atomic mass is 9.89.